The Morgan fingerprint density at radius 3 is 2.71 bits per heavy atom. The summed E-state index contributed by atoms with van der Waals surface area (Å²) >= 11 is 7.68. The van der Waals surface area contributed by atoms with Gasteiger partial charge in [-0.25, -0.2) is 4.79 Å². The van der Waals surface area contributed by atoms with Crippen LogP contribution in [0.25, 0.3) is 6.08 Å². The lowest BCUT2D eigenvalue weighted by Gasteiger charge is -2.27. The van der Waals surface area contributed by atoms with E-state index in [1.807, 2.05) is 16.8 Å². The smallest absolute Gasteiger partial charge is 0.430 e. The SMILES string of the molecule is O=C(O)C1=Cc2cc(Cl)c(Cc3ccsc3)cc2OC1C(F)(F)F. The Labute approximate surface area is 143 Å². The van der Waals surface area contributed by atoms with Crippen LogP contribution < -0.4 is 4.74 Å². The summed E-state index contributed by atoms with van der Waals surface area (Å²) in [6, 6.07) is 4.75. The van der Waals surface area contributed by atoms with Gasteiger partial charge < -0.3 is 9.84 Å². The van der Waals surface area contributed by atoms with E-state index in [9.17, 15) is 18.0 Å². The molecule has 0 fully saturated rings. The lowest BCUT2D eigenvalue weighted by molar-refractivity contribution is -0.187. The van der Waals surface area contributed by atoms with Crippen LogP contribution in [-0.2, 0) is 11.2 Å². The van der Waals surface area contributed by atoms with E-state index in [0.717, 1.165) is 11.6 Å². The molecule has 1 aromatic heterocycles. The van der Waals surface area contributed by atoms with Gasteiger partial charge in [-0.1, -0.05) is 11.6 Å². The molecule has 1 unspecified atom stereocenters. The van der Waals surface area contributed by atoms with Crippen molar-refractivity contribution in [1.82, 2.24) is 0 Å². The zero-order valence-corrected chi connectivity index (χ0v) is 13.5. The molecule has 1 N–H and O–H groups in total. The highest BCUT2D eigenvalue weighted by Gasteiger charge is 2.48. The van der Waals surface area contributed by atoms with Crippen molar-refractivity contribution in [3.05, 3.63) is 56.2 Å². The monoisotopic (exact) mass is 374 g/mol. The van der Waals surface area contributed by atoms with Gasteiger partial charge in [0, 0.05) is 10.6 Å². The molecule has 2 heterocycles. The predicted octanol–water partition coefficient (Wildman–Crippen LogP) is 4.78. The van der Waals surface area contributed by atoms with Crippen molar-refractivity contribution < 1.29 is 27.8 Å². The molecule has 1 aromatic carbocycles. The molecule has 0 aliphatic carbocycles. The third kappa shape index (κ3) is 3.27. The minimum absolute atomic E-state index is 0.0306. The number of ether oxygens (including phenoxy) is 1. The third-order valence-electron chi connectivity index (χ3n) is 3.54. The summed E-state index contributed by atoms with van der Waals surface area (Å²) < 4.78 is 44.2. The average Bonchev–Trinajstić information content (AvgIpc) is 2.98. The summed E-state index contributed by atoms with van der Waals surface area (Å²) in [5.74, 6) is -1.71. The first-order valence-electron chi connectivity index (χ1n) is 6.77. The van der Waals surface area contributed by atoms with Gasteiger partial charge in [-0.2, -0.15) is 24.5 Å². The topological polar surface area (TPSA) is 46.5 Å². The molecule has 2 aromatic rings. The molecule has 1 atom stereocenters. The van der Waals surface area contributed by atoms with Crippen LogP contribution >= 0.6 is 22.9 Å². The second kappa shape index (κ2) is 6.14. The highest BCUT2D eigenvalue weighted by atomic mass is 35.5. The van der Waals surface area contributed by atoms with Crippen LogP contribution in [0.15, 0.2) is 34.5 Å². The summed E-state index contributed by atoms with van der Waals surface area (Å²) in [5, 5.41) is 13.2. The molecule has 8 heteroatoms. The van der Waals surface area contributed by atoms with Crippen molar-refractivity contribution in [3.8, 4) is 5.75 Å². The number of halogens is 4. The molecular formula is C16H10ClF3O3S. The fourth-order valence-electron chi connectivity index (χ4n) is 2.43. The van der Waals surface area contributed by atoms with Gasteiger partial charge >= 0.3 is 12.1 Å². The van der Waals surface area contributed by atoms with E-state index in [1.165, 1.54) is 23.5 Å². The van der Waals surface area contributed by atoms with Crippen molar-refractivity contribution in [2.24, 2.45) is 0 Å². The Balaban J connectivity index is 2.03. The minimum Gasteiger partial charge on any atom is -0.478 e. The van der Waals surface area contributed by atoms with E-state index in [1.54, 1.807) is 0 Å². The van der Waals surface area contributed by atoms with Crippen LogP contribution in [0.3, 0.4) is 0 Å². The van der Waals surface area contributed by atoms with E-state index in [-0.39, 0.29) is 11.3 Å². The molecule has 0 amide bonds. The third-order valence-corrected chi connectivity index (χ3v) is 4.62. The van der Waals surface area contributed by atoms with Gasteiger partial charge in [-0.05, 0) is 52.6 Å². The Hall–Kier alpha value is -1.99. The van der Waals surface area contributed by atoms with Gasteiger partial charge in [0.25, 0.3) is 0 Å². The molecule has 24 heavy (non-hydrogen) atoms. The molecule has 0 saturated carbocycles. The summed E-state index contributed by atoms with van der Waals surface area (Å²) in [7, 11) is 0. The van der Waals surface area contributed by atoms with Crippen LogP contribution in [0, 0.1) is 0 Å². The zero-order valence-electron chi connectivity index (χ0n) is 11.9. The number of alkyl halides is 3. The molecule has 0 saturated heterocycles. The van der Waals surface area contributed by atoms with E-state index in [2.05, 4.69) is 0 Å². The first-order chi connectivity index (χ1) is 11.3. The number of carbonyl (C=O) groups is 1. The maximum absolute atomic E-state index is 13.1. The minimum atomic E-state index is -4.82. The van der Waals surface area contributed by atoms with Crippen molar-refractivity contribution >= 4 is 35.0 Å². The number of fused-ring (bicyclic) bond motifs is 1. The standard InChI is InChI=1S/C16H10ClF3O3S/c17-12-5-10-4-11(15(21)22)14(16(18,19)20)23-13(10)6-9(12)3-8-1-2-24-7-8/h1-2,4-7,14H,3H2,(H,21,22). The van der Waals surface area contributed by atoms with Gasteiger partial charge in [-0.15, -0.1) is 0 Å². The fraction of sp³-hybridized carbons (Fsp3) is 0.188. The number of thiophene rings is 1. The first-order valence-corrected chi connectivity index (χ1v) is 8.09. The first kappa shape index (κ1) is 16.9. The van der Waals surface area contributed by atoms with Crippen LogP contribution in [0.5, 0.6) is 5.75 Å². The van der Waals surface area contributed by atoms with Crippen molar-refractivity contribution in [2.45, 2.75) is 18.7 Å². The van der Waals surface area contributed by atoms with E-state index in [4.69, 9.17) is 21.4 Å². The van der Waals surface area contributed by atoms with Crippen LogP contribution in [-0.4, -0.2) is 23.4 Å². The highest BCUT2D eigenvalue weighted by Crippen LogP contribution is 2.39. The number of benzene rings is 1. The molecule has 3 rings (SSSR count). The Kier molecular flexibility index (Phi) is 4.31. The number of carboxylic acid groups (broad SMARTS) is 1. The normalized spacial score (nSPS) is 17.0. The molecule has 1 aliphatic rings. The molecule has 0 bridgehead atoms. The molecular weight excluding hydrogens is 365 g/mol. The number of carboxylic acids is 1. The lowest BCUT2D eigenvalue weighted by atomic mass is 9.98. The van der Waals surface area contributed by atoms with Crippen LogP contribution in [0.2, 0.25) is 5.02 Å². The van der Waals surface area contributed by atoms with Crippen LogP contribution in [0.4, 0.5) is 13.2 Å². The molecule has 1 aliphatic heterocycles. The van der Waals surface area contributed by atoms with Gasteiger partial charge in [0.15, 0.2) is 0 Å². The molecule has 0 radical (unpaired) electrons. The highest BCUT2D eigenvalue weighted by molar-refractivity contribution is 7.07. The molecule has 0 spiro atoms. The number of rotatable bonds is 3. The Bertz CT molecular complexity index is 813. The number of hydrogen-bond acceptors (Lipinski definition) is 3. The average molecular weight is 375 g/mol. The molecule has 126 valence electrons. The quantitative estimate of drug-likeness (QED) is 0.840. The maximum atomic E-state index is 13.1. The Morgan fingerprint density at radius 2 is 2.12 bits per heavy atom. The van der Waals surface area contributed by atoms with Gasteiger partial charge in [0.1, 0.15) is 5.75 Å². The number of aliphatic carboxylic acids is 1. The van der Waals surface area contributed by atoms with Gasteiger partial charge in [0.2, 0.25) is 6.10 Å². The number of hydrogen-bond donors (Lipinski definition) is 1. The summed E-state index contributed by atoms with van der Waals surface area (Å²) in [6.07, 6.45) is -5.92. The summed E-state index contributed by atoms with van der Waals surface area (Å²) in [6.45, 7) is 0. The van der Waals surface area contributed by atoms with Crippen molar-refractivity contribution in [3.63, 3.8) is 0 Å². The fourth-order valence-corrected chi connectivity index (χ4v) is 3.33. The van der Waals surface area contributed by atoms with E-state index >= 15 is 0 Å². The van der Waals surface area contributed by atoms with Gasteiger partial charge in [-0.3, -0.25) is 0 Å². The van der Waals surface area contributed by atoms with Crippen LogP contribution in [0.1, 0.15) is 16.7 Å². The maximum Gasteiger partial charge on any atom is 0.430 e. The predicted molar refractivity (Wildman–Crippen MR) is 84.7 cm³/mol. The lowest BCUT2D eigenvalue weighted by Crippen LogP contribution is -2.40. The van der Waals surface area contributed by atoms with Crippen molar-refractivity contribution in [1.29, 1.82) is 0 Å². The second-order valence-corrected chi connectivity index (χ2v) is 6.42. The summed E-state index contributed by atoms with van der Waals surface area (Å²) in [4.78, 5) is 11.1. The summed E-state index contributed by atoms with van der Waals surface area (Å²) in [5.41, 5.74) is 0.942. The second-order valence-electron chi connectivity index (χ2n) is 5.23. The van der Waals surface area contributed by atoms with Crippen molar-refractivity contribution in [2.75, 3.05) is 0 Å². The van der Waals surface area contributed by atoms with E-state index in [0.29, 0.717) is 17.0 Å². The molecule has 3 nitrogen and oxygen atoms in total. The van der Waals surface area contributed by atoms with Gasteiger partial charge in [0.05, 0.1) is 5.57 Å². The van der Waals surface area contributed by atoms with E-state index < -0.39 is 23.8 Å². The Morgan fingerprint density at radius 1 is 1.38 bits per heavy atom. The zero-order chi connectivity index (χ0) is 17.5. The largest absolute Gasteiger partial charge is 0.478 e.